The fourth-order valence-electron chi connectivity index (χ4n) is 4.03. The summed E-state index contributed by atoms with van der Waals surface area (Å²) in [4.78, 5) is 26.2. The molecule has 1 amide bonds. The van der Waals surface area contributed by atoms with Gasteiger partial charge < -0.3 is 21.1 Å². The van der Waals surface area contributed by atoms with E-state index in [0.29, 0.717) is 41.0 Å². The number of anilines is 2. The first-order chi connectivity index (χ1) is 19.8. The van der Waals surface area contributed by atoms with Crippen LogP contribution in [-0.2, 0) is 26.4 Å². The number of nitrogens with one attached hydrogen (secondary N) is 3. The second-order valence-corrected chi connectivity index (χ2v) is 13.9. The number of carbonyl (C=O) groups is 1. The van der Waals surface area contributed by atoms with Gasteiger partial charge in [-0.1, -0.05) is 24.3 Å². The minimum absolute atomic E-state index is 0.00200. The van der Waals surface area contributed by atoms with Gasteiger partial charge in [0.05, 0.1) is 21.9 Å². The first-order valence-corrected chi connectivity index (χ1v) is 16.5. The van der Waals surface area contributed by atoms with Crippen LogP contribution in [0.3, 0.4) is 0 Å². The molecule has 1 aliphatic rings. The Balaban J connectivity index is 1.40. The van der Waals surface area contributed by atoms with Gasteiger partial charge in [-0.3, -0.25) is 4.79 Å². The zero-order chi connectivity index (χ0) is 30.1. The Morgan fingerprint density at radius 3 is 2.24 bits per heavy atom. The van der Waals surface area contributed by atoms with Crippen LogP contribution in [0.1, 0.15) is 28.8 Å². The molecule has 0 aliphatic heterocycles. The summed E-state index contributed by atoms with van der Waals surface area (Å²) in [6, 6.07) is 16.4. The maximum absolute atomic E-state index is 12.4. The van der Waals surface area contributed by atoms with Crippen LogP contribution in [0.5, 0.6) is 0 Å². The Morgan fingerprint density at radius 1 is 0.929 bits per heavy atom. The maximum atomic E-state index is 12.4. The molecule has 0 bridgehead atoms. The first kappa shape index (κ1) is 29.3. The number of hydrogen-bond acceptors (Lipinski definition) is 11. The Morgan fingerprint density at radius 2 is 1.62 bits per heavy atom. The fourth-order valence-corrected chi connectivity index (χ4v) is 5.02. The Hall–Kier alpha value is -4.18. The zero-order valence-corrected chi connectivity index (χ0v) is 24.2. The van der Waals surface area contributed by atoms with Gasteiger partial charge in [0, 0.05) is 30.5 Å². The number of pyridine rings is 1. The van der Waals surface area contributed by atoms with E-state index < -0.39 is 25.6 Å². The van der Waals surface area contributed by atoms with Crippen LogP contribution in [0.2, 0.25) is 0 Å². The smallest absolute Gasteiger partial charge is 0.253 e. The van der Waals surface area contributed by atoms with Crippen LogP contribution in [0.15, 0.2) is 65.6 Å². The number of aliphatic hydroxyl groups is 1. The molecule has 13 nitrogen and oxygen atoms in total. The van der Waals surface area contributed by atoms with Crippen molar-refractivity contribution in [2.75, 3.05) is 29.2 Å². The van der Waals surface area contributed by atoms with E-state index in [9.17, 15) is 26.7 Å². The molecule has 220 valence electrons. The fraction of sp³-hybridized carbons (Fsp3) is 0.259. The van der Waals surface area contributed by atoms with Gasteiger partial charge >= 0.3 is 0 Å². The summed E-state index contributed by atoms with van der Waals surface area (Å²) in [5.74, 6) is 0.100. The lowest BCUT2D eigenvalue weighted by Gasteiger charge is -2.13. The van der Waals surface area contributed by atoms with Crippen molar-refractivity contribution in [3.63, 3.8) is 0 Å². The molecule has 0 radical (unpaired) electrons. The van der Waals surface area contributed by atoms with Crippen molar-refractivity contribution in [3.05, 3.63) is 71.8 Å². The monoisotopic (exact) mass is 611 g/mol. The molecular formula is C27H29N7O6S2. The normalized spacial score (nSPS) is 14.4. The van der Waals surface area contributed by atoms with Crippen molar-refractivity contribution >= 4 is 48.6 Å². The van der Waals surface area contributed by atoms with Gasteiger partial charge in [0.1, 0.15) is 21.1 Å². The average molecular weight is 612 g/mol. The van der Waals surface area contributed by atoms with Crippen LogP contribution in [0.25, 0.3) is 22.3 Å². The molecule has 0 spiro atoms. The summed E-state index contributed by atoms with van der Waals surface area (Å²) < 4.78 is 46.4. The average Bonchev–Trinajstić information content (AvgIpc) is 3.67. The largest absolute Gasteiger partial charge is 0.371 e. The van der Waals surface area contributed by atoms with Gasteiger partial charge in [0.15, 0.2) is 5.82 Å². The number of sulfonamides is 1. The highest BCUT2D eigenvalue weighted by atomic mass is 32.2. The van der Waals surface area contributed by atoms with E-state index in [-0.39, 0.29) is 35.6 Å². The third-order valence-corrected chi connectivity index (χ3v) is 8.40. The van der Waals surface area contributed by atoms with E-state index in [4.69, 9.17) is 10.1 Å². The quantitative estimate of drug-likeness (QED) is 0.154. The van der Waals surface area contributed by atoms with Crippen molar-refractivity contribution < 1.29 is 26.7 Å². The van der Waals surface area contributed by atoms with Gasteiger partial charge in [-0.2, -0.15) is 4.98 Å². The summed E-state index contributed by atoms with van der Waals surface area (Å²) in [6.07, 6.45) is 2.21. The molecule has 0 atom stereocenters. The second kappa shape index (κ2) is 11.2. The number of rotatable bonds is 11. The Kier molecular flexibility index (Phi) is 7.85. The summed E-state index contributed by atoms with van der Waals surface area (Å²) >= 11 is 0. The van der Waals surface area contributed by atoms with Crippen LogP contribution in [0, 0.1) is 0 Å². The third kappa shape index (κ3) is 7.36. The standard InChI is InChI=1S/C27H29N7O6S2/c1-41(37,38)15-14-29-24-23-22(32-26(33-24)30-16-17-2-8-20(9-3-17)42(28,39)40)11-10-21(31-23)18-4-6-19(7-5-18)25(35)34-27(36)12-13-27/h2-11,36H,12-16H2,1H3,(H,34,35)(H2,28,39,40)(H2,29,30,32,33). The van der Waals surface area contributed by atoms with Crippen LogP contribution < -0.4 is 21.1 Å². The molecule has 15 heteroatoms. The SMILES string of the molecule is CS(=O)(=O)CCNc1nc(NCc2ccc(S(N)(=O)=O)cc2)nc2ccc(-c3ccc(C(=O)NC4(O)CC4)cc3)nc12. The predicted octanol–water partition coefficient (Wildman–Crippen LogP) is 1.62. The third-order valence-electron chi connectivity index (χ3n) is 6.52. The highest BCUT2D eigenvalue weighted by Crippen LogP contribution is 2.32. The number of nitrogens with two attached hydrogens (primary N) is 1. The van der Waals surface area contributed by atoms with E-state index in [0.717, 1.165) is 17.4 Å². The molecule has 5 rings (SSSR count). The van der Waals surface area contributed by atoms with Crippen LogP contribution >= 0.6 is 0 Å². The molecule has 1 fully saturated rings. The van der Waals surface area contributed by atoms with E-state index in [1.165, 1.54) is 12.1 Å². The molecule has 4 aromatic rings. The van der Waals surface area contributed by atoms with Gasteiger partial charge in [0.25, 0.3) is 5.91 Å². The number of benzene rings is 2. The lowest BCUT2D eigenvalue weighted by Crippen LogP contribution is -2.36. The molecular weight excluding hydrogens is 582 g/mol. The first-order valence-electron chi connectivity index (χ1n) is 12.9. The predicted molar refractivity (Wildman–Crippen MR) is 158 cm³/mol. The lowest BCUT2D eigenvalue weighted by molar-refractivity contribution is 0.0715. The number of aromatic nitrogens is 3. The van der Waals surface area contributed by atoms with Gasteiger partial charge in [-0.05, 0) is 54.8 Å². The van der Waals surface area contributed by atoms with Gasteiger partial charge in [-0.15, -0.1) is 0 Å². The molecule has 2 heterocycles. The van der Waals surface area contributed by atoms with Crippen molar-refractivity contribution in [2.24, 2.45) is 5.14 Å². The molecule has 0 saturated heterocycles. The van der Waals surface area contributed by atoms with E-state index in [1.54, 1.807) is 48.5 Å². The van der Waals surface area contributed by atoms with Crippen LogP contribution in [-0.4, -0.2) is 67.1 Å². The summed E-state index contributed by atoms with van der Waals surface area (Å²) in [5, 5.41) is 23.9. The highest BCUT2D eigenvalue weighted by Gasteiger charge is 2.41. The molecule has 6 N–H and O–H groups in total. The number of amides is 1. The minimum Gasteiger partial charge on any atom is -0.371 e. The minimum atomic E-state index is -3.80. The molecule has 0 unspecified atom stereocenters. The molecule has 1 aliphatic carbocycles. The molecule has 2 aromatic heterocycles. The summed E-state index contributed by atoms with van der Waals surface area (Å²) in [7, 11) is -7.03. The van der Waals surface area contributed by atoms with Crippen molar-refractivity contribution in [3.8, 4) is 11.3 Å². The molecule has 2 aromatic carbocycles. The number of hydrogen-bond donors (Lipinski definition) is 5. The highest BCUT2D eigenvalue weighted by molar-refractivity contribution is 7.90. The van der Waals surface area contributed by atoms with E-state index in [2.05, 4.69) is 25.9 Å². The topological polar surface area (TPSA) is 206 Å². The maximum Gasteiger partial charge on any atom is 0.253 e. The van der Waals surface area contributed by atoms with Gasteiger partial charge in [0.2, 0.25) is 16.0 Å². The summed E-state index contributed by atoms with van der Waals surface area (Å²) in [6.45, 7) is 0.378. The van der Waals surface area contributed by atoms with Gasteiger partial charge in [-0.25, -0.2) is 31.9 Å². The number of sulfone groups is 1. The molecule has 42 heavy (non-hydrogen) atoms. The summed E-state index contributed by atoms with van der Waals surface area (Å²) in [5.41, 5.74) is 2.28. The number of nitrogens with zero attached hydrogens (tertiary/aromatic N) is 3. The second-order valence-electron chi connectivity index (χ2n) is 10.1. The number of fused-ring (bicyclic) bond motifs is 1. The molecule has 1 saturated carbocycles. The van der Waals surface area contributed by atoms with E-state index in [1.807, 2.05) is 0 Å². The van der Waals surface area contributed by atoms with Crippen molar-refractivity contribution in [2.45, 2.75) is 30.0 Å². The lowest BCUT2D eigenvalue weighted by atomic mass is 10.1. The zero-order valence-electron chi connectivity index (χ0n) is 22.5. The Labute approximate surface area is 242 Å². The van der Waals surface area contributed by atoms with E-state index >= 15 is 0 Å². The van der Waals surface area contributed by atoms with Crippen LogP contribution in [0.4, 0.5) is 11.8 Å². The Bertz CT molecular complexity index is 1860. The number of carbonyl (C=O) groups excluding carboxylic acids is 1. The van der Waals surface area contributed by atoms with Crippen molar-refractivity contribution in [1.29, 1.82) is 0 Å². The van der Waals surface area contributed by atoms with Crippen molar-refractivity contribution in [1.82, 2.24) is 20.3 Å². The number of primary sulfonamides is 1.